The molecule has 0 radical (unpaired) electrons. The van der Waals surface area contributed by atoms with Crippen molar-refractivity contribution in [3.8, 4) is 0 Å². The van der Waals surface area contributed by atoms with Crippen LogP contribution < -0.4 is 5.32 Å². The summed E-state index contributed by atoms with van der Waals surface area (Å²) in [7, 11) is 2.03. The fourth-order valence-electron chi connectivity index (χ4n) is 2.93. The molecule has 3 rings (SSSR count). The molecule has 2 N–H and O–H groups in total. The van der Waals surface area contributed by atoms with E-state index < -0.39 is 6.10 Å². The van der Waals surface area contributed by atoms with Gasteiger partial charge in [0.15, 0.2) is 0 Å². The number of hydrogen-bond acceptors (Lipinski definition) is 3. The van der Waals surface area contributed by atoms with Crippen LogP contribution in [0.5, 0.6) is 0 Å². The Morgan fingerprint density at radius 3 is 2.70 bits per heavy atom. The van der Waals surface area contributed by atoms with Gasteiger partial charge in [-0.15, -0.1) is 0 Å². The van der Waals surface area contributed by atoms with Crippen LogP contribution in [0.15, 0.2) is 48.5 Å². The maximum absolute atomic E-state index is 10.4. The Hall–Kier alpha value is -2.17. The van der Waals surface area contributed by atoms with Gasteiger partial charge < -0.3 is 15.0 Å². The van der Waals surface area contributed by atoms with E-state index in [0.717, 1.165) is 28.0 Å². The normalized spacial score (nSPS) is 14.1. The van der Waals surface area contributed by atoms with Gasteiger partial charge in [-0.3, -0.25) is 0 Å². The summed E-state index contributed by atoms with van der Waals surface area (Å²) in [5.74, 6) is 0.975. The average molecular weight is 309 g/mol. The molecule has 0 saturated heterocycles. The van der Waals surface area contributed by atoms with E-state index in [1.165, 1.54) is 0 Å². The lowest BCUT2D eigenvalue weighted by Gasteiger charge is -2.17. The van der Waals surface area contributed by atoms with Crippen LogP contribution >= 0.6 is 0 Å². The minimum atomic E-state index is -0.521. The van der Waals surface area contributed by atoms with E-state index in [1.807, 2.05) is 56.4 Å². The number of para-hydroxylation sites is 2. The Labute approximate surface area is 136 Å². The van der Waals surface area contributed by atoms with Crippen molar-refractivity contribution in [1.82, 2.24) is 14.9 Å². The molecular weight excluding hydrogens is 286 g/mol. The molecule has 0 aliphatic heterocycles. The SMILES string of the molecule is Cc1cccc(C(O)CNC(C)c2nc3ccccc3n2C)c1. The molecule has 0 bridgehead atoms. The van der Waals surface area contributed by atoms with Crippen molar-refractivity contribution < 1.29 is 5.11 Å². The average Bonchev–Trinajstić information content (AvgIpc) is 2.90. The summed E-state index contributed by atoms with van der Waals surface area (Å²) in [4.78, 5) is 4.70. The van der Waals surface area contributed by atoms with Crippen LogP contribution in [-0.4, -0.2) is 21.2 Å². The van der Waals surface area contributed by atoms with Gasteiger partial charge in [0, 0.05) is 13.6 Å². The molecule has 4 nitrogen and oxygen atoms in total. The maximum Gasteiger partial charge on any atom is 0.126 e. The Morgan fingerprint density at radius 1 is 1.17 bits per heavy atom. The molecule has 2 atom stereocenters. The van der Waals surface area contributed by atoms with Crippen LogP contribution in [0, 0.1) is 6.92 Å². The van der Waals surface area contributed by atoms with E-state index in [1.54, 1.807) is 0 Å². The molecule has 0 amide bonds. The van der Waals surface area contributed by atoms with Gasteiger partial charge >= 0.3 is 0 Å². The predicted molar refractivity (Wildman–Crippen MR) is 93.3 cm³/mol. The zero-order chi connectivity index (χ0) is 16.4. The Balaban J connectivity index is 1.71. The first kappa shape index (κ1) is 15.7. The number of nitrogens with zero attached hydrogens (tertiary/aromatic N) is 2. The van der Waals surface area contributed by atoms with Gasteiger partial charge in [0.05, 0.1) is 23.2 Å². The van der Waals surface area contributed by atoms with Gasteiger partial charge in [-0.2, -0.15) is 0 Å². The third-order valence-corrected chi connectivity index (χ3v) is 4.25. The van der Waals surface area contributed by atoms with Crippen molar-refractivity contribution >= 4 is 11.0 Å². The molecule has 0 fully saturated rings. The van der Waals surface area contributed by atoms with Gasteiger partial charge in [-0.1, -0.05) is 42.0 Å². The highest BCUT2D eigenvalue weighted by Gasteiger charge is 2.16. The highest BCUT2D eigenvalue weighted by atomic mass is 16.3. The number of aliphatic hydroxyl groups excluding tert-OH is 1. The minimum Gasteiger partial charge on any atom is -0.387 e. The number of aliphatic hydroxyl groups is 1. The van der Waals surface area contributed by atoms with Gasteiger partial charge in [-0.05, 0) is 31.5 Å². The third-order valence-electron chi connectivity index (χ3n) is 4.25. The lowest BCUT2D eigenvalue weighted by molar-refractivity contribution is 0.170. The van der Waals surface area contributed by atoms with Crippen molar-refractivity contribution in [1.29, 1.82) is 0 Å². The van der Waals surface area contributed by atoms with Crippen LogP contribution in [0.25, 0.3) is 11.0 Å². The van der Waals surface area contributed by atoms with E-state index in [2.05, 4.69) is 22.9 Å². The van der Waals surface area contributed by atoms with Crippen molar-refractivity contribution in [3.05, 3.63) is 65.5 Å². The zero-order valence-corrected chi connectivity index (χ0v) is 13.8. The molecule has 1 heterocycles. The molecule has 1 aromatic heterocycles. The zero-order valence-electron chi connectivity index (χ0n) is 13.8. The number of rotatable bonds is 5. The van der Waals surface area contributed by atoms with Crippen LogP contribution in [-0.2, 0) is 7.05 Å². The molecule has 0 saturated carbocycles. The van der Waals surface area contributed by atoms with E-state index >= 15 is 0 Å². The highest BCUT2D eigenvalue weighted by molar-refractivity contribution is 5.75. The van der Waals surface area contributed by atoms with Crippen LogP contribution in [0.2, 0.25) is 0 Å². The number of aromatic nitrogens is 2. The van der Waals surface area contributed by atoms with Gasteiger partial charge in [0.1, 0.15) is 5.82 Å². The largest absolute Gasteiger partial charge is 0.387 e. The summed E-state index contributed by atoms with van der Waals surface area (Å²) in [5, 5.41) is 13.7. The first-order valence-corrected chi connectivity index (χ1v) is 7.95. The van der Waals surface area contributed by atoms with Crippen LogP contribution in [0.4, 0.5) is 0 Å². The van der Waals surface area contributed by atoms with E-state index in [4.69, 9.17) is 4.98 Å². The quantitative estimate of drug-likeness (QED) is 0.760. The van der Waals surface area contributed by atoms with Crippen molar-refractivity contribution in [2.45, 2.75) is 26.0 Å². The molecule has 2 aromatic carbocycles. The van der Waals surface area contributed by atoms with Crippen LogP contribution in [0.1, 0.15) is 36.0 Å². The van der Waals surface area contributed by atoms with Gasteiger partial charge in [0.2, 0.25) is 0 Å². The van der Waals surface area contributed by atoms with Crippen molar-refractivity contribution in [2.75, 3.05) is 6.54 Å². The smallest absolute Gasteiger partial charge is 0.126 e. The summed E-state index contributed by atoms with van der Waals surface area (Å²) in [6.07, 6.45) is -0.521. The van der Waals surface area contributed by atoms with Crippen molar-refractivity contribution in [2.24, 2.45) is 7.05 Å². The first-order valence-electron chi connectivity index (χ1n) is 7.95. The van der Waals surface area contributed by atoms with Gasteiger partial charge in [0.25, 0.3) is 0 Å². The molecule has 3 aromatic rings. The van der Waals surface area contributed by atoms with Crippen LogP contribution in [0.3, 0.4) is 0 Å². The topological polar surface area (TPSA) is 50.1 Å². The van der Waals surface area contributed by atoms with E-state index in [-0.39, 0.29) is 6.04 Å². The fraction of sp³-hybridized carbons (Fsp3) is 0.316. The Bertz CT molecular complexity index is 809. The standard InChI is InChI=1S/C19H23N3O/c1-13-7-6-8-15(11-13)18(23)12-20-14(2)19-21-16-9-4-5-10-17(16)22(19)3/h4-11,14,18,20,23H,12H2,1-3H3. The number of benzene rings is 2. The van der Waals surface area contributed by atoms with Gasteiger partial charge in [-0.25, -0.2) is 4.98 Å². The third kappa shape index (κ3) is 3.28. The Morgan fingerprint density at radius 2 is 1.96 bits per heavy atom. The molecule has 0 spiro atoms. The second-order valence-electron chi connectivity index (χ2n) is 6.08. The summed E-state index contributed by atoms with van der Waals surface area (Å²) in [6, 6.07) is 16.2. The van der Waals surface area contributed by atoms with E-state index in [9.17, 15) is 5.11 Å². The number of imidazole rings is 1. The molecule has 2 unspecified atom stereocenters. The maximum atomic E-state index is 10.4. The summed E-state index contributed by atoms with van der Waals surface area (Å²) in [5.41, 5.74) is 4.22. The highest BCUT2D eigenvalue weighted by Crippen LogP contribution is 2.20. The Kier molecular flexibility index (Phi) is 4.46. The monoisotopic (exact) mass is 309 g/mol. The first-order chi connectivity index (χ1) is 11.1. The summed E-state index contributed by atoms with van der Waals surface area (Å²) >= 11 is 0. The lowest BCUT2D eigenvalue weighted by atomic mass is 10.1. The molecule has 0 aliphatic rings. The summed E-state index contributed by atoms with van der Waals surface area (Å²) < 4.78 is 2.10. The summed E-state index contributed by atoms with van der Waals surface area (Å²) in [6.45, 7) is 4.60. The molecule has 0 aliphatic carbocycles. The predicted octanol–water partition coefficient (Wildman–Crippen LogP) is 3.27. The number of aryl methyl sites for hydroxylation is 2. The number of hydrogen-bond donors (Lipinski definition) is 2. The minimum absolute atomic E-state index is 0.0619. The number of fused-ring (bicyclic) bond motifs is 1. The fourth-order valence-corrected chi connectivity index (χ4v) is 2.93. The van der Waals surface area contributed by atoms with E-state index in [0.29, 0.717) is 6.54 Å². The second-order valence-corrected chi connectivity index (χ2v) is 6.08. The molecule has 120 valence electrons. The lowest BCUT2D eigenvalue weighted by Crippen LogP contribution is -2.26. The molecular formula is C19H23N3O. The van der Waals surface area contributed by atoms with Crippen molar-refractivity contribution in [3.63, 3.8) is 0 Å². The molecule has 4 heteroatoms. The second kappa shape index (κ2) is 6.52. The number of nitrogens with one attached hydrogen (secondary N) is 1. The molecule has 23 heavy (non-hydrogen) atoms.